The Morgan fingerprint density at radius 1 is 1.33 bits per heavy atom. The Labute approximate surface area is 121 Å². The normalized spacial score (nSPS) is 11.1. The molecule has 0 atom stereocenters. The minimum Gasteiger partial charge on any atom is -0.330 e. The molecule has 0 saturated carbocycles. The lowest BCUT2D eigenvalue weighted by molar-refractivity contribution is 0.685. The molecule has 0 saturated heterocycles. The highest BCUT2D eigenvalue weighted by atomic mass is 16.1. The lowest BCUT2D eigenvalue weighted by Crippen LogP contribution is -2.22. The summed E-state index contributed by atoms with van der Waals surface area (Å²) in [7, 11) is 0. The fourth-order valence-electron chi connectivity index (χ4n) is 2.53. The third kappa shape index (κ3) is 2.34. The molecule has 0 bridgehead atoms. The van der Waals surface area contributed by atoms with Gasteiger partial charge in [-0.15, -0.1) is 0 Å². The highest BCUT2D eigenvalue weighted by Gasteiger charge is 2.12. The molecule has 3 rings (SSSR count). The molecule has 0 aliphatic carbocycles. The van der Waals surface area contributed by atoms with E-state index < -0.39 is 0 Å². The standard InChI is InChI=1S/C15H17N5O/c1-2-19-12(5-6-16)8-15(21)20-14(19)9-13(18-20)11-4-3-7-17-10-11/h3-4,7-10H,2,5-6,16H2,1H3. The quantitative estimate of drug-likeness (QED) is 0.777. The first kappa shape index (κ1) is 13.5. The van der Waals surface area contributed by atoms with Gasteiger partial charge in [0.2, 0.25) is 0 Å². The van der Waals surface area contributed by atoms with E-state index in [1.165, 1.54) is 4.52 Å². The van der Waals surface area contributed by atoms with Crippen LogP contribution >= 0.6 is 0 Å². The fourth-order valence-corrected chi connectivity index (χ4v) is 2.53. The van der Waals surface area contributed by atoms with Gasteiger partial charge in [0.25, 0.3) is 5.56 Å². The zero-order valence-electron chi connectivity index (χ0n) is 11.9. The summed E-state index contributed by atoms with van der Waals surface area (Å²) in [5, 5.41) is 4.40. The summed E-state index contributed by atoms with van der Waals surface area (Å²) in [6.45, 7) is 3.32. The summed E-state index contributed by atoms with van der Waals surface area (Å²) in [4.78, 5) is 16.3. The van der Waals surface area contributed by atoms with Crippen molar-refractivity contribution < 1.29 is 0 Å². The number of rotatable bonds is 4. The van der Waals surface area contributed by atoms with Gasteiger partial charge in [-0.1, -0.05) is 0 Å². The van der Waals surface area contributed by atoms with Gasteiger partial charge in [0.15, 0.2) is 0 Å². The van der Waals surface area contributed by atoms with Crippen molar-refractivity contribution in [2.75, 3.05) is 6.54 Å². The number of fused-ring (bicyclic) bond motifs is 1. The van der Waals surface area contributed by atoms with Crippen LogP contribution in [0.2, 0.25) is 0 Å². The number of hydrogen-bond donors (Lipinski definition) is 1. The molecule has 3 aromatic heterocycles. The average Bonchev–Trinajstić information content (AvgIpc) is 2.94. The minimum atomic E-state index is -0.131. The highest BCUT2D eigenvalue weighted by molar-refractivity contribution is 5.63. The topological polar surface area (TPSA) is 78.2 Å². The molecule has 6 heteroatoms. The van der Waals surface area contributed by atoms with Crippen LogP contribution in [0.1, 0.15) is 12.6 Å². The van der Waals surface area contributed by atoms with E-state index in [9.17, 15) is 4.79 Å². The molecule has 2 N–H and O–H groups in total. The zero-order valence-corrected chi connectivity index (χ0v) is 11.9. The minimum absolute atomic E-state index is 0.131. The maximum Gasteiger partial charge on any atom is 0.274 e. The maximum absolute atomic E-state index is 12.2. The molecule has 0 fully saturated rings. The summed E-state index contributed by atoms with van der Waals surface area (Å²) < 4.78 is 3.51. The highest BCUT2D eigenvalue weighted by Crippen LogP contribution is 2.18. The van der Waals surface area contributed by atoms with E-state index in [0.29, 0.717) is 13.0 Å². The number of pyridine rings is 1. The van der Waals surface area contributed by atoms with Crippen molar-refractivity contribution in [3.05, 3.63) is 52.7 Å². The number of nitrogens with zero attached hydrogens (tertiary/aromatic N) is 4. The lowest BCUT2D eigenvalue weighted by Gasteiger charge is -2.11. The Morgan fingerprint density at radius 3 is 2.86 bits per heavy atom. The molecule has 3 heterocycles. The van der Waals surface area contributed by atoms with E-state index >= 15 is 0 Å². The van der Waals surface area contributed by atoms with Crippen LogP contribution in [0.15, 0.2) is 41.5 Å². The second-order valence-electron chi connectivity index (χ2n) is 4.80. The summed E-state index contributed by atoms with van der Waals surface area (Å²) >= 11 is 0. The Morgan fingerprint density at radius 2 is 2.19 bits per heavy atom. The molecule has 0 unspecified atom stereocenters. The van der Waals surface area contributed by atoms with E-state index in [0.717, 1.165) is 29.1 Å². The van der Waals surface area contributed by atoms with Crippen LogP contribution in [0.3, 0.4) is 0 Å². The summed E-state index contributed by atoms with van der Waals surface area (Å²) in [6.07, 6.45) is 4.13. The summed E-state index contributed by atoms with van der Waals surface area (Å²) in [5.41, 5.74) is 8.86. The van der Waals surface area contributed by atoms with Crippen LogP contribution in [0.5, 0.6) is 0 Å². The van der Waals surface area contributed by atoms with Gasteiger partial charge >= 0.3 is 0 Å². The van der Waals surface area contributed by atoms with Crippen LogP contribution in [-0.2, 0) is 13.0 Å². The third-order valence-corrected chi connectivity index (χ3v) is 3.49. The van der Waals surface area contributed by atoms with Gasteiger partial charge in [-0.05, 0) is 25.6 Å². The fraction of sp³-hybridized carbons (Fsp3) is 0.267. The molecule has 21 heavy (non-hydrogen) atoms. The van der Waals surface area contributed by atoms with E-state index in [2.05, 4.69) is 14.6 Å². The Bertz CT molecular complexity index is 819. The molecule has 0 aliphatic heterocycles. The third-order valence-electron chi connectivity index (χ3n) is 3.49. The number of nitrogens with two attached hydrogens (primary N) is 1. The van der Waals surface area contributed by atoms with Gasteiger partial charge in [0.05, 0.1) is 5.69 Å². The van der Waals surface area contributed by atoms with Gasteiger partial charge in [0.1, 0.15) is 5.65 Å². The Balaban J connectivity index is 2.25. The van der Waals surface area contributed by atoms with Crippen LogP contribution in [0.25, 0.3) is 16.9 Å². The van der Waals surface area contributed by atoms with Crippen molar-refractivity contribution in [2.24, 2.45) is 5.73 Å². The molecule has 0 radical (unpaired) electrons. The second-order valence-corrected chi connectivity index (χ2v) is 4.80. The number of aromatic nitrogens is 4. The first-order valence-corrected chi connectivity index (χ1v) is 6.97. The largest absolute Gasteiger partial charge is 0.330 e. The predicted molar refractivity (Wildman–Crippen MR) is 81.1 cm³/mol. The van der Waals surface area contributed by atoms with Crippen molar-refractivity contribution in [3.63, 3.8) is 0 Å². The smallest absolute Gasteiger partial charge is 0.274 e. The van der Waals surface area contributed by atoms with E-state index in [1.54, 1.807) is 18.5 Å². The summed E-state index contributed by atoms with van der Waals surface area (Å²) in [6, 6.07) is 7.31. The molecular weight excluding hydrogens is 266 g/mol. The van der Waals surface area contributed by atoms with E-state index in [-0.39, 0.29) is 5.56 Å². The molecule has 0 spiro atoms. The Kier molecular flexibility index (Phi) is 3.53. The number of hydrogen-bond acceptors (Lipinski definition) is 4. The van der Waals surface area contributed by atoms with Gasteiger partial charge in [-0.2, -0.15) is 9.61 Å². The van der Waals surface area contributed by atoms with Crippen molar-refractivity contribution in [2.45, 2.75) is 19.9 Å². The average molecular weight is 283 g/mol. The second kappa shape index (κ2) is 5.49. The molecule has 3 aromatic rings. The molecule has 6 nitrogen and oxygen atoms in total. The molecule has 0 amide bonds. The SMILES string of the molecule is CCn1c(CCN)cc(=O)n2nc(-c3cccnc3)cc12. The van der Waals surface area contributed by atoms with Crippen molar-refractivity contribution in [1.29, 1.82) is 0 Å². The molecule has 0 aliphatic rings. The molecule has 108 valence electrons. The monoisotopic (exact) mass is 283 g/mol. The van der Waals surface area contributed by atoms with Crippen LogP contribution in [0.4, 0.5) is 0 Å². The van der Waals surface area contributed by atoms with E-state index in [1.807, 2.05) is 25.1 Å². The van der Waals surface area contributed by atoms with Crippen molar-refractivity contribution >= 4 is 5.65 Å². The zero-order chi connectivity index (χ0) is 14.8. The Hall–Kier alpha value is -2.47. The predicted octanol–water partition coefficient (Wildman–Crippen LogP) is 1.08. The van der Waals surface area contributed by atoms with Crippen LogP contribution < -0.4 is 11.3 Å². The van der Waals surface area contributed by atoms with E-state index in [4.69, 9.17) is 5.73 Å². The van der Waals surface area contributed by atoms with Gasteiger partial charge in [-0.25, -0.2) is 0 Å². The first-order valence-electron chi connectivity index (χ1n) is 6.97. The summed E-state index contributed by atoms with van der Waals surface area (Å²) in [5.74, 6) is 0. The molecular formula is C15H17N5O. The maximum atomic E-state index is 12.2. The van der Waals surface area contributed by atoms with Gasteiger partial charge in [-0.3, -0.25) is 9.78 Å². The number of aryl methyl sites for hydroxylation is 1. The van der Waals surface area contributed by atoms with Crippen LogP contribution in [0, 0.1) is 0 Å². The van der Waals surface area contributed by atoms with Gasteiger partial charge < -0.3 is 10.3 Å². The van der Waals surface area contributed by atoms with Crippen LogP contribution in [-0.4, -0.2) is 25.7 Å². The van der Waals surface area contributed by atoms with Crippen molar-refractivity contribution in [3.8, 4) is 11.3 Å². The van der Waals surface area contributed by atoms with Gasteiger partial charge in [0, 0.05) is 48.7 Å². The first-order chi connectivity index (χ1) is 10.2. The lowest BCUT2D eigenvalue weighted by atomic mass is 10.2. The van der Waals surface area contributed by atoms with Crippen molar-refractivity contribution in [1.82, 2.24) is 19.2 Å². The molecule has 0 aromatic carbocycles.